The third-order valence-corrected chi connectivity index (χ3v) is 2.56. The summed E-state index contributed by atoms with van der Waals surface area (Å²) in [5.41, 5.74) is 1.01. The molecule has 0 radical (unpaired) electrons. The van der Waals surface area contributed by atoms with E-state index in [-0.39, 0.29) is 0 Å². The van der Waals surface area contributed by atoms with Gasteiger partial charge in [0, 0.05) is 26.2 Å². The highest BCUT2D eigenvalue weighted by molar-refractivity contribution is 6.32. The Kier molecular flexibility index (Phi) is 4.01. The highest BCUT2D eigenvalue weighted by Crippen LogP contribution is 2.30. The molecule has 1 amide bonds. The number of halogens is 1. The number of carbonyl (C=O) groups is 1. The molecule has 17 heavy (non-hydrogen) atoms. The normalized spacial score (nSPS) is 11.2. The van der Waals surface area contributed by atoms with E-state index in [9.17, 15) is 4.79 Å². The van der Waals surface area contributed by atoms with E-state index in [4.69, 9.17) is 16.3 Å². The molecular weight excluding hydrogens is 240 g/mol. The lowest BCUT2D eigenvalue weighted by molar-refractivity contribution is 0.172. The summed E-state index contributed by atoms with van der Waals surface area (Å²) < 4.78 is 5.82. The molecule has 0 fully saturated rings. The lowest BCUT2D eigenvalue weighted by Gasteiger charge is -2.24. The highest BCUT2D eigenvalue weighted by Gasteiger charge is 2.17. The minimum absolute atomic E-state index is 0.385. The first kappa shape index (κ1) is 13.8. The summed E-state index contributed by atoms with van der Waals surface area (Å²) in [7, 11) is 9.34. The van der Waals surface area contributed by atoms with Crippen molar-refractivity contribution >= 4 is 23.4 Å². The number of quaternary nitrogens is 1. The van der Waals surface area contributed by atoms with Crippen molar-refractivity contribution in [3.05, 3.63) is 23.2 Å². The molecule has 4 nitrogen and oxygen atoms in total. The second-order valence-electron chi connectivity index (χ2n) is 4.89. The fourth-order valence-corrected chi connectivity index (χ4v) is 1.33. The van der Waals surface area contributed by atoms with Gasteiger partial charge < -0.3 is 9.64 Å². The molecule has 1 rings (SSSR count). The van der Waals surface area contributed by atoms with Crippen molar-refractivity contribution in [3.63, 3.8) is 0 Å². The van der Waals surface area contributed by atoms with E-state index >= 15 is 0 Å². The molecule has 0 N–H and O–H groups in total. The second-order valence-corrected chi connectivity index (χ2v) is 5.30. The Labute approximate surface area is 107 Å². The zero-order valence-corrected chi connectivity index (χ0v) is 11.6. The monoisotopic (exact) mass is 257 g/mol. The van der Waals surface area contributed by atoms with Gasteiger partial charge in [-0.2, -0.15) is 0 Å². The quantitative estimate of drug-likeness (QED) is 0.763. The van der Waals surface area contributed by atoms with Gasteiger partial charge in [0.1, 0.15) is 5.69 Å². The number of nitrogens with zero attached hydrogens (tertiary/aromatic N) is 2. The van der Waals surface area contributed by atoms with Crippen LogP contribution in [0.5, 0.6) is 5.75 Å². The Morgan fingerprint density at radius 2 is 1.88 bits per heavy atom. The van der Waals surface area contributed by atoms with E-state index in [1.807, 2.05) is 27.2 Å². The maximum atomic E-state index is 11.5. The second kappa shape index (κ2) is 4.94. The third-order valence-electron chi connectivity index (χ3n) is 2.25. The van der Waals surface area contributed by atoms with Crippen LogP contribution in [0.15, 0.2) is 18.2 Å². The average molecular weight is 258 g/mol. The van der Waals surface area contributed by atoms with Crippen LogP contribution in [0.4, 0.5) is 10.5 Å². The van der Waals surface area contributed by atoms with E-state index in [2.05, 4.69) is 0 Å². The van der Waals surface area contributed by atoms with E-state index in [0.717, 1.165) is 5.69 Å². The standard InChI is InChI=1S/C12H18ClN2O2/c1-14(2)12(16)17-11-8-9(15(3,4)5)6-7-10(11)13/h6-8H,1-5H3/q+1. The van der Waals surface area contributed by atoms with Gasteiger partial charge in [-0.1, -0.05) is 11.6 Å². The van der Waals surface area contributed by atoms with Gasteiger partial charge in [0.2, 0.25) is 0 Å². The topological polar surface area (TPSA) is 29.5 Å². The number of hydrogen-bond acceptors (Lipinski definition) is 2. The van der Waals surface area contributed by atoms with Crippen LogP contribution in [0.3, 0.4) is 0 Å². The van der Waals surface area contributed by atoms with Crippen LogP contribution in [0.25, 0.3) is 0 Å². The van der Waals surface area contributed by atoms with Crippen molar-refractivity contribution in [2.45, 2.75) is 0 Å². The molecule has 0 heterocycles. The van der Waals surface area contributed by atoms with Crippen molar-refractivity contribution in [2.24, 2.45) is 0 Å². The molecule has 0 unspecified atom stereocenters. The Bertz CT molecular complexity index is 425. The summed E-state index contributed by atoms with van der Waals surface area (Å²) in [4.78, 5) is 12.8. The number of carbonyl (C=O) groups excluding carboxylic acids is 1. The van der Waals surface area contributed by atoms with Gasteiger partial charge in [0.15, 0.2) is 5.75 Å². The molecule has 0 atom stereocenters. The molecule has 0 aliphatic carbocycles. The van der Waals surface area contributed by atoms with Gasteiger partial charge >= 0.3 is 6.09 Å². The maximum absolute atomic E-state index is 11.5. The molecule has 5 heteroatoms. The van der Waals surface area contributed by atoms with Crippen molar-refractivity contribution in [3.8, 4) is 5.75 Å². The molecule has 0 spiro atoms. The van der Waals surface area contributed by atoms with Crippen molar-refractivity contribution in [2.75, 3.05) is 35.2 Å². The molecule has 0 saturated heterocycles. The SMILES string of the molecule is CN(C)C(=O)Oc1cc([N+](C)(C)C)ccc1Cl. The zero-order valence-electron chi connectivity index (χ0n) is 10.8. The zero-order chi connectivity index (χ0) is 13.2. The molecule has 1 aromatic carbocycles. The van der Waals surface area contributed by atoms with E-state index in [1.54, 1.807) is 26.2 Å². The molecule has 0 aliphatic rings. The predicted octanol–water partition coefficient (Wildman–Crippen LogP) is 2.60. The van der Waals surface area contributed by atoms with Gasteiger partial charge in [0.05, 0.1) is 26.2 Å². The summed E-state index contributed by atoms with van der Waals surface area (Å²) in [6.07, 6.45) is -0.439. The third kappa shape index (κ3) is 3.61. The lowest BCUT2D eigenvalue weighted by atomic mass is 10.2. The number of rotatable bonds is 2. The Hall–Kier alpha value is -1.26. The molecule has 0 bridgehead atoms. The largest absolute Gasteiger partial charge is 0.414 e. The molecule has 1 aromatic rings. The van der Waals surface area contributed by atoms with Gasteiger partial charge in [0.25, 0.3) is 0 Å². The summed E-state index contributed by atoms with van der Waals surface area (Å²) in [6.45, 7) is 0. The fourth-order valence-electron chi connectivity index (χ4n) is 1.17. The smallest absolute Gasteiger partial charge is 0.408 e. The summed E-state index contributed by atoms with van der Waals surface area (Å²) in [6, 6.07) is 5.43. The van der Waals surface area contributed by atoms with Crippen molar-refractivity contribution < 1.29 is 9.53 Å². The van der Waals surface area contributed by atoms with E-state index in [0.29, 0.717) is 15.3 Å². The maximum Gasteiger partial charge on any atom is 0.414 e. The summed E-state index contributed by atoms with van der Waals surface area (Å²) in [5, 5.41) is 0.428. The Morgan fingerprint density at radius 1 is 1.29 bits per heavy atom. The van der Waals surface area contributed by atoms with Crippen LogP contribution < -0.4 is 9.22 Å². The fraction of sp³-hybridized carbons (Fsp3) is 0.417. The Morgan fingerprint density at radius 3 is 2.35 bits per heavy atom. The van der Waals surface area contributed by atoms with Gasteiger partial charge in [-0.3, -0.25) is 4.48 Å². The first-order chi connectivity index (χ1) is 7.71. The summed E-state index contributed by atoms with van der Waals surface area (Å²) in [5.74, 6) is 0.385. The molecule has 0 aliphatic heterocycles. The highest BCUT2D eigenvalue weighted by atomic mass is 35.5. The predicted molar refractivity (Wildman–Crippen MR) is 70.7 cm³/mol. The first-order valence-corrected chi connectivity index (χ1v) is 5.60. The van der Waals surface area contributed by atoms with E-state index in [1.165, 1.54) is 4.90 Å². The average Bonchev–Trinajstić information content (AvgIpc) is 2.19. The minimum Gasteiger partial charge on any atom is -0.408 e. The van der Waals surface area contributed by atoms with Crippen LogP contribution in [0, 0.1) is 0 Å². The van der Waals surface area contributed by atoms with Crippen molar-refractivity contribution in [1.29, 1.82) is 0 Å². The van der Waals surface area contributed by atoms with Gasteiger partial charge in [-0.05, 0) is 6.07 Å². The molecule has 0 saturated carbocycles. The number of amides is 1. The van der Waals surface area contributed by atoms with Crippen LogP contribution >= 0.6 is 11.6 Å². The molecule has 0 aromatic heterocycles. The van der Waals surface area contributed by atoms with Crippen LogP contribution in [0.1, 0.15) is 0 Å². The van der Waals surface area contributed by atoms with Gasteiger partial charge in [-0.25, -0.2) is 4.79 Å². The van der Waals surface area contributed by atoms with Crippen LogP contribution in [-0.2, 0) is 0 Å². The minimum atomic E-state index is -0.439. The summed E-state index contributed by atoms with van der Waals surface area (Å²) >= 11 is 5.99. The van der Waals surface area contributed by atoms with Crippen molar-refractivity contribution in [1.82, 2.24) is 9.38 Å². The van der Waals surface area contributed by atoms with Crippen LogP contribution in [-0.4, -0.2) is 46.2 Å². The number of ether oxygens (including phenoxy) is 1. The molecule has 94 valence electrons. The number of hydrogen-bond donors (Lipinski definition) is 0. The van der Waals surface area contributed by atoms with E-state index < -0.39 is 6.09 Å². The number of benzene rings is 1. The molecular formula is C12H18ClN2O2+. The van der Waals surface area contributed by atoms with Gasteiger partial charge in [-0.15, -0.1) is 0 Å². The first-order valence-electron chi connectivity index (χ1n) is 5.22. The Balaban J connectivity index is 3.03. The lowest BCUT2D eigenvalue weighted by Crippen LogP contribution is -2.34. The van der Waals surface area contributed by atoms with Crippen LogP contribution in [0.2, 0.25) is 5.02 Å².